The SMILES string of the molecule is NC1=NN=C(c2cc(F)c(F)cc2F)CC1. The molecule has 0 aliphatic carbocycles. The number of nitrogens with two attached hydrogens (primary N) is 1. The van der Waals surface area contributed by atoms with E-state index in [2.05, 4.69) is 10.2 Å². The van der Waals surface area contributed by atoms with Gasteiger partial charge in [0.25, 0.3) is 0 Å². The van der Waals surface area contributed by atoms with Crippen LogP contribution in [0.15, 0.2) is 22.3 Å². The number of nitrogens with zero attached hydrogens (tertiary/aromatic N) is 2. The van der Waals surface area contributed by atoms with Crippen molar-refractivity contribution in [1.82, 2.24) is 0 Å². The molecule has 0 unspecified atom stereocenters. The van der Waals surface area contributed by atoms with Gasteiger partial charge in [-0.1, -0.05) is 0 Å². The molecule has 0 saturated carbocycles. The molecule has 3 nitrogen and oxygen atoms in total. The molecule has 1 aromatic carbocycles. The van der Waals surface area contributed by atoms with Crippen LogP contribution >= 0.6 is 0 Å². The maximum atomic E-state index is 13.3. The summed E-state index contributed by atoms with van der Waals surface area (Å²) in [5.74, 6) is -2.85. The van der Waals surface area contributed by atoms with Gasteiger partial charge < -0.3 is 5.73 Å². The number of rotatable bonds is 1. The van der Waals surface area contributed by atoms with E-state index in [0.29, 0.717) is 24.7 Å². The van der Waals surface area contributed by atoms with E-state index in [9.17, 15) is 13.2 Å². The minimum absolute atomic E-state index is 0.0739. The maximum Gasteiger partial charge on any atom is 0.161 e. The van der Waals surface area contributed by atoms with Gasteiger partial charge in [-0.3, -0.25) is 0 Å². The van der Waals surface area contributed by atoms with Crippen LogP contribution in [0.3, 0.4) is 0 Å². The summed E-state index contributed by atoms with van der Waals surface area (Å²) in [7, 11) is 0. The molecular formula is C10H8F3N3. The summed E-state index contributed by atoms with van der Waals surface area (Å²) in [6.07, 6.45) is 0.786. The van der Waals surface area contributed by atoms with Crippen molar-refractivity contribution in [3.8, 4) is 0 Å². The van der Waals surface area contributed by atoms with Crippen molar-refractivity contribution in [2.45, 2.75) is 12.8 Å². The van der Waals surface area contributed by atoms with E-state index >= 15 is 0 Å². The van der Waals surface area contributed by atoms with Gasteiger partial charge in [0, 0.05) is 18.1 Å². The molecule has 0 amide bonds. The molecule has 84 valence electrons. The summed E-state index contributed by atoms with van der Waals surface area (Å²) in [4.78, 5) is 0. The zero-order valence-corrected chi connectivity index (χ0v) is 8.17. The Morgan fingerprint density at radius 1 is 0.938 bits per heavy atom. The summed E-state index contributed by atoms with van der Waals surface area (Å²) in [5, 5.41) is 7.24. The molecule has 1 aliphatic rings. The van der Waals surface area contributed by atoms with Crippen molar-refractivity contribution in [2.24, 2.45) is 15.9 Å². The monoisotopic (exact) mass is 227 g/mol. The quantitative estimate of drug-likeness (QED) is 0.732. The van der Waals surface area contributed by atoms with Crippen molar-refractivity contribution in [3.63, 3.8) is 0 Å². The van der Waals surface area contributed by atoms with Gasteiger partial charge in [-0.15, -0.1) is 5.10 Å². The molecule has 1 aromatic rings. The summed E-state index contributed by atoms with van der Waals surface area (Å²) in [6.45, 7) is 0. The zero-order valence-electron chi connectivity index (χ0n) is 8.17. The number of hydrogen-bond donors (Lipinski definition) is 1. The van der Waals surface area contributed by atoms with Crippen molar-refractivity contribution in [3.05, 3.63) is 35.1 Å². The van der Waals surface area contributed by atoms with Gasteiger partial charge in [-0.2, -0.15) is 5.10 Å². The van der Waals surface area contributed by atoms with Crippen LogP contribution < -0.4 is 5.73 Å². The Labute approximate surface area is 89.5 Å². The topological polar surface area (TPSA) is 50.7 Å². The van der Waals surface area contributed by atoms with Gasteiger partial charge in [0.1, 0.15) is 11.7 Å². The Hall–Kier alpha value is -1.85. The van der Waals surface area contributed by atoms with Gasteiger partial charge in [0.2, 0.25) is 0 Å². The van der Waals surface area contributed by atoms with E-state index in [4.69, 9.17) is 5.73 Å². The minimum atomic E-state index is -1.22. The molecule has 0 saturated heterocycles. The van der Waals surface area contributed by atoms with Crippen LogP contribution in [0.25, 0.3) is 0 Å². The molecule has 0 aromatic heterocycles. The van der Waals surface area contributed by atoms with E-state index < -0.39 is 17.5 Å². The van der Waals surface area contributed by atoms with Gasteiger partial charge in [-0.05, 0) is 12.5 Å². The lowest BCUT2D eigenvalue weighted by molar-refractivity contribution is 0.494. The van der Waals surface area contributed by atoms with Gasteiger partial charge in [-0.25, -0.2) is 13.2 Å². The second kappa shape index (κ2) is 3.96. The summed E-state index contributed by atoms with van der Waals surface area (Å²) in [5.41, 5.74) is 5.58. The van der Waals surface area contributed by atoms with Gasteiger partial charge in [0.15, 0.2) is 11.6 Å². The number of hydrogen-bond acceptors (Lipinski definition) is 3. The summed E-state index contributed by atoms with van der Waals surface area (Å²) >= 11 is 0. The second-order valence-corrected chi connectivity index (χ2v) is 3.38. The Bertz CT molecular complexity index is 494. The third kappa shape index (κ3) is 1.91. The standard InChI is InChI=1S/C10H8F3N3/c11-6-4-8(13)7(12)3-5(6)9-1-2-10(14)16-15-9/h3-4H,1-2H2,(H2,14,16). The van der Waals surface area contributed by atoms with Crippen LogP contribution in [0, 0.1) is 17.5 Å². The average Bonchev–Trinajstić information content (AvgIpc) is 2.25. The first-order valence-corrected chi connectivity index (χ1v) is 4.61. The molecule has 16 heavy (non-hydrogen) atoms. The zero-order chi connectivity index (χ0) is 11.7. The van der Waals surface area contributed by atoms with E-state index in [1.165, 1.54) is 0 Å². The summed E-state index contributed by atoms with van der Waals surface area (Å²) < 4.78 is 39.0. The lowest BCUT2D eigenvalue weighted by Gasteiger charge is -2.10. The van der Waals surface area contributed by atoms with Crippen molar-refractivity contribution in [2.75, 3.05) is 0 Å². The van der Waals surface area contributed by atoms with E-state index in [1.807, 2.05) is 0 Å². The van der Waals surface area contributed by atoms with E-state index in [-0.39, 0.29) is 11.3 Å². The molecule has 0 radical (unpaired) electrons. The molecule has 6 heteroatoms. The molecule has 0 spiro atoms. The number of amidine groups is 1. The van der Waals surface area contributed by atoms with Crippen LogP contribution in [0.1, 0.15) is 18.4 Å². The smallest absolute Gasteiger partial charge is 0.161 e. The molecule has 1 aliphatic heterocycles. The first kappa shape index (κ1) is 10.7. The van der Waals surface area contributed by atoms with Crippen LogP contribution in [0.4, 0.5) is 13.2 Å². The predicted molar refractivity (Wildman–Crippen MR) is 53.7 cm³/mol. The van der Waals surface area contributed by atoms with Gasteiger partial charge >= 0.3 is 0 Å². The van der Waals surface area contributed by atoms with Gasteiger partial charge in [0.05, 0.1) is 5.71 Å². The fraction of sp³-hybridized carbons (Fsp3) is 0.200. The highest BCUT2D eigenvalue weighted by atomic mass is 19.2. The van der Waals surface area contributed by atoms with Crippen molar-refractivity contribution < 1.29 is 13.2 Å². The van der Waals surface area contributed by atoms with Crippen LogP contribution in [-0.2, 0) is 0 Å². The van der Waals surface area contributed by atoms with Crippen LogP contribution in [-0.4, -0.2) is 11.5 Å². The lowest BCUT2D eigenvalue weighted by Crippen LogP contribution is -2.18. The average molecular weight is 227 g/mol. The third-order valence-corrected chi connectivity index (χ3v) is 2.24. The third-order valence-electron chi connectivity index (χ3n) is 2.24. The maximum absolute atomic E-state index is 13.3. The van der Waals surface area contributed by atoms with Crippen molar-refractivity contribution in [1.29, 1.82) is 0 Å². The Kier molecular flexibility index (Phi) is 2.64. The first-order chi connectivity index (χ1) is 7.58. The minimum Gasteiger partial charge on any atom is -0.386 e. The molecule has 2 rings (SSSR count). The largest absolute Gasteiger partial charge is 0.386 e. The van der Waals surface area contributed by atoms with Crippen LogP contribution in [0.2, 0.25) is 0 Å². The fourth-order valence-electron chi connectivity index (χ4n) is 1.40. The lowest BCUT2D eigenvalue weighted by atomic mass is 10.0. The van der Waals surface area contributed by atoms with E-state index in [0.717, 1.165) is 6.07 Å². The molecule has 1 heterocycles. The Morgan fingerprint density at radius 2 is 1.62 bits per heavy atom. The molecule has 0 bridgehead atoms. The van der Waals surface area contributed by atoms with Crippen LogP contribution in [0.5, 0.6) is 0 Å². The van der Waals surface area contributed by atoms with E-state index in [1.54, 1.807) is 0 Å². The second-order valence-electron chi connectivity index (χ2n) is 3.38. The molecule has 0 atom stereocenters. The number of benzene rings is 1. The van der Waals surface area contributed by atoms with Crippen molar-refractivity contribution >= 4 is 11.5 Å². The molecule has 2 N–H and O–H groups in total. The normalized spacial score (nSPS) is 15.7. The summed E-state index contributed by atoms with van der Waals surface area (Å²) in [6, 6.07) is 1.27. The molecule has 0 fully saturated rings. The fourth-order valence-corrected chi connectivity index (χ4v) is 1.40. The number of halogens is 3. The Balaban J connectivity index is 2.45. The first-order valence-electron chi connectivity index (χ1n) is 4.61. The molecular weight excluding hydrogens is 219 g/mol. The highest BCUT2D eigenvalue weighted by molar-refractivity contribution is 6.04. The highest BCUT2D eigenvalue weighted by Gasteiger charge is 2.17. The Morgan fingerprint density at radius 3 is 2.25 bits per heavy atom. The predicted octanol–water partition coefficient (Wildman–Crippen LogP) is 1.96. The highest BCUT2D eigenvalue weighted by Crippen LogP contribution is 2.18.